The van der Waals surface area contributed by atoms with Crippen LogP contribution in [-0.4, -0.2) is 42.0 Å². The van der Waals surface area contributed by atoms with Crippen molar-refractivity contribution < 1.29 is 9.53 Å². The Morgan fingerprint density at radius 3 is 2.52 bits per heavy atom. The van der Waals surface area contributed by atoms with Gasteiger partial charge in [0.15, 0.2) is 0 Å². The Morgan fingerprint density at radius 2 is 1.91 bits per heavy atom. The van der Waals surface area contributed by atoms with Crippen LogP contribution in [0.25, 0.3) is 0 Å². The fourth-order valence-corrected chi connectivity index (χ4v) is 2.17. The van der Waals surface area contributed by atoms with Gasteiger partial charge in [-0.2, -0.15) is 0 Å². The second-order valence-corrected chi connectivity index (χ2v) is 5.10. The number of likely N-dealkylation sites (N-methyl/N-ethyl adjacent to an activating group) is 1. The van der Waals surface area contributed by atoms with Gasteiger partial charge in [0, 0.05) is 24.6 Å². The zero-order valence-electron chi connectivity index (χ0n) is 13.7. The number of benzene rings is 1. The summed E-state index contributed by atoms with van der Waals surface area (Å²) in [7, 11) is 0. The first-order valence-corrected chi connectivity index (χ1v) is 7.89. The van der Waals surface area contributed by atoms with Crippen LogP contribution in [0, 0.1) is 0 Å². The molecule has 0 spiro atoms. The number of aromatic nitrogens is 1. The number of pyridine rings is 1. The molecule has 5 nitrogen and oxygen atoms in total. The maximum Gasteiger partial charge on any atom is 0.257 e. The van der Waals surface area contributed by atoms with Gasteiger partial charge in [-0.3, -0.25) is 9.78 Å². The molecule has 0 fully saturated rings. The van der Waals surface area contributed by atoms with Gasteiger partial charge >= 0.3 is 0 Å². The number of hydrogen-bond donors (Lipinski definition) is 1. The summed E-state index contributed by atoms with van der Waals surface area (Å²) in [6.45, 7) is 7.90. The van der Waals surface area contributed by atoms with Gasteiger partial charge in [-0.25, -0.2) is 0 Å². The molecule has 122 valence electrons. The molecule has 1 aromatic heterocycles. The molecule has 0 aliphatic carbocycles. The molecule has 5 heteroatoms. The number of amides is 1. The summed E-state index contributed by atoms with van der Waals surface area (Å²) in [6.07, 6.45) is 3.18. The molecule has 1 aromatic carbocycles. The highest BCUT2D eigenvalue weighted by Gasteiger charge is 2.06. The van der Waals surface area contributed by atoms with Crippen LogP contribution in [-0.2, 0) is 0 Å². The lowest BCUT2D eigenvalue weighted by Gasteiger charge is -2.18. The third-order valence-corrected chi connectivity index (χ3v) is 3.61. The molecule has 2 rings (SSSR count). The highest BCUT2D eigenvalue weighted by atomic mass is 16.5. The summed E-state index contributed by atoms with van der Waals surface area (Å²) in [5.74, 6) is 0.629. The van der Waals surface area contributed by atoms with Crippen LogP contribution in [0.3, 0.4) is 0 Å². The summed E-state index contributed by atoms with van der Waals surface area (Å²) < 4.78 is 5.72. The van der Waals surface area contributed by atoms with E-state index >= 15 is 0 Å². The summed E-state index contributed by atoms with van der Waals surface area (Å²) in [6, 6.07) is 10.9. The van der Waals surface area contributed by atoms with E-state index in [1.165, 1.54) is 0 Å². The van der Waals surface area contributed by atoms with Gasteiger partial charge in [-0.15, -0.1) is 0 Å². The molecule has 23 heavy (non-hydrogen) atoms. The topological polar surface area (TPSA) is 54.5 Å². The minimum atomic E-state index is -0.173. The van der Waals surface area contributed by atoms with E-state index in [1.807, 2.05) is 24.3 Å². The monoisotopic (exact) mass is 313 g/mol. The number of rotatable bonds is 8. The third kappa shape index (κ3) is 5.38. The van der Waals surface area contributed by atoms with Gasteiger partial charge < -0.3 is 15.0 Å². The standard InChI is InChI=1S/C18H23N3O2/c1-3-21(4-2)12-13-23-17-9-7-16(8-10-17)20-18(22)15-6-5-11-19-14-15/h5-11,14H,3-4,12-13H2,1-2H3,(H,20,22). The number of anilines is 1. The molecular formula is C18H23N3O2. The van der Waals surface area contributed by atoms with Gasteiger partial charge in [0.1, 0.15) is 12.4 Å². The maximum atomic E-state index is 12.0. The van der Waals surface area contributed by atoms with Gasteiger partial charge in [-0.05, 0) is 49.5 Å². The van der Waals surface area contributed by atoms with E-state index in [1.54, 1.807) is 24.5 Å². The highest BCUT2D eigenvalue weighted by molar-refractivity contribution is 6.04. The molecule has 0 unspecified atom stereocenters. The molecule has 1 heterocycles. The minimum Gasteiger partial charge on any atom is -0.492 e. The molecule has 2 aromatic rings. The van der Waals surface area contributed by atoms with Gasteiger partial charge in [0.05, 0.1) is 5.56 Å². The molecule has 0 aliphatic heterocycles. The first-order chi connectivity index (χ1) is 11.2. The quantitative estimate of drug-likeness (QED) is 0.814. The van der Waals surface area contributed by atoms with Crippen molar-refractivity contribution in [2.75, 3.05) is 31.6 Å². The Balaban J connectivity index is 1.84. The van der Waals surface area contributed by atoms with Crippen LogP contribution in [0.5, 0.6) is 5.75 Å². The minimum absolute atomic E-state index is 0.173. The van der Waals surface area contributed by atoms with E-state index in [0.717, 1.165) is 31.1 Å². The Kier molecular flexibility index (Phi) is 6.56. The molecule has 0 radical (unpaired) electrons. The van der Waals surface area contributed by atoms with Crippen molar-refractivity contribution in [2.24, 2.45) is 0 Å². The second-order valence-electron chi connectivity index (χ2n) is 5.10. The largest absolute Gasteiger partial charge is 0.492 e. The Labute approximate surface area is 137 Å². The summed E-state index contributed by atoms with van der Waals surface area (Å²) in [5.41, 5.74) is 1.27. The lowest BCUT2D eigenvalue weighted by Crippen LogP contribution is -2.27. The van der Waals surface area contributed by atoms with Crippen molar-refractivity contribution >= 4 is 11.6 Å². The van der Waals surface area contributed by atoms with Crippen LogP contribution in [0.1, 0.15) is 24.2 Å². The molecule has 0 saturated carbocycles. The fourth-order valence-electron chi connectivity index (χ4n) is 2.17. The van der Waals surface area contributed by atoms with Crippen molar-refractivity contribution in [3.05, 3.63) is 54.4 Å². The lowest BCUT2D eigenvalue weighted by molar-refractivity contribution is 0.102. The normalized spacial score (nSPS) is 10.6. The first kappa shape index (κ1) is 17.0. The van der Waals surface area contributed by atoms with Gasteiger partial charge in [-0.1, -0.05) is 13.8 Å². The summed E-state index contributed by atoms with van der Waals surface area (Å²) in [5, 5.41) is 2.84. The SMILES string of the molecule is CCN(CC)CCOc1ccc(NC(=O)c2cccnc2)cc1. The average molecular weight is 313 g/mol. The molecule has 0 bridgehead atoms. The maximum absolute atomic E-state index is 12.0. The van der Waals surface area contributed by atoms with E-state index in [0.29, 0.717) is 12.2 Å². The van der Waals surface area contributed by atoms with Crippen molar-refractivity contribution in [1.29, 1.82) is 0 Å². The van der Waals surface area contributed by atoms with E-state index in [4.69, 9.17) is 4.74 Å². The van der Waals surface area contributed by atoms with E-state index in [2.05, 4.69) is 29.0 Å². The summed E-state index contributed by atoms with van der Waals surface area (Å²) in [4.78, 5) is 18.3. The number of carbonyl (C=O) groups excluding carboxylic acids is 1. The predicted molar refractivity (Wildman–Crippen MR) is 91.9 cm³/mol. The highest BCUT2D eigenvalue weighted by Crippen LogP contribution is 2.16. The Hall–Kier alpha value is -2.40. The molecule has 0 atom stereocenters. The fraction of sp³-hybridized carbons (Fsp3) is 0.333. The molecule has 0 aliphatic rings. The van der Waals surface area contributed by atoms with E-state index in [-0.39, 0.29) is 5.91 Å². The number of carbonyl (C=O) groups is 1. The zero-order chi connectivity index (χ0) is 16.5. The molecule has 0 saturated heterocycles. The summed E-state index contributed by atoms with van der Waals surface area (Å²) >= 11 is 0. The zero-order valence-corrected chi connectivity index (χ0v) is 13.7. The van der Waals surface area contributed by atoms with E-state index in [9.17, 15) is 4.79 Å². The van der Waals surface area contributed by atoms with Gasteiger partial charge in [0.2, 0.25) is 0 Å². The molecule has 1 amide bonds. The lowest BCUT2D eigenvalue weighted by atomic mass is 10.2. The van der Waals surface area contributed by atoms with Crippen LogP contribution in [0.15, 0.2) is 48.8 Å². The van der Waals surface area contributed by atoms with Crippen molar-refractivity contribution in [3.8, 4) is 5.75 Å². The number of nitrogens with one attached hydrogen (secondary N) is 1. The van der Waals surface area contributed by atoms with Crippen LogP contribution >= 0.6 is 0 Å². The average Bonchev–Trinajstić information content (AvgIpc) is 2.61. The third-order valence-electron chi connectivity index (χ3n) is 3.61. The van der Waals surface area contributed by atoms with Gasteiger partial charge in [0.25, 0.3) is 5.91 Å². The molecular weight excluding hydrogens is 290 g/mol. The Morgan fingerprint density at radius 1 is 1.17 bits per heavy atom. The second kappa shape index (κ2) is 8.90. The van der Waals surface area contributed by atoms with E-state index < -0.39 is 0 Å². The number of ether oxygens (including phenoxy) is 1. The van der Waals surface area contributed by atoms with Crippen molar-refractivity contribution in [2.45, 2.75) is 13.8 Å². The van der Waals surface area contributed by atoms with Crippen LogP contribution in [0.2, 0.25) is 0 Å². The van der Waals surface area contributed by atoms with Crippen LogP contribution in [0.4, 0.5) is 5.69 Å². The number of hydrogen-bond acceptors (Lipinski definition) is 4. The predicted octanol–water partition coefficient (Wildman–Crippen LogP) is 3.05. The Bertz CT molecular complexity index is 595. The van der Waals surface area contributed by atoms with Crippen molar-refractivity contribution in [1.82, 2.24) is 9.88 Å². The molecule has 1 N–H and O–H groups in total. The van der Waals surface area contributed by atoms with Crippen molar-refractivity contribution in [3.63, 3.8) is 0 Å². The van der Waals surface area contributed by atoms with Crippen LogP contribution < -0.4 is 10.1 Å². The smallest absolute Gasteiger partial charge is 0.257 e. The number of nitrogens with zero attached hydrogens (tertiary/aromatic N) is 2. The first-order valence-electron chi connectivity index (χ1n) is 7.89.